The summed E-state index contributed by atoms with van der Waals surface area (Å²) in [4.78, 5) is 15.7. The van der Waals surface area contributed by atoms with Crippen LogP contribution in [0.25, 0.3) is 0 Å². The Morgan fingerprint density at radius 2 is 1.48 bits per heavy atom. The van der Waals surface area contributed by atoms with Crippen LogP contribution >= 0.6 is 0 Å². The summed E-state index contributed by atoms with van der Waals surface area (Å²) in [6.45, 7) is 0.443. The van der Waals surface area contributed by atoms with Gasteiger partial charge in [0.05, 0.1) is 17.5 Å². The van der Waals surface area contributed by atoms with Gasteiger partial charge in [-0.1, -0.05) is 36.4 Å². The fourth-order valence-corrected chi connectivity index (χ4v) is 6.07. The summed E-state index contributed by atoms with van der Waals surface area (Å²) in [6, 6.07) is 25.6. The zero-order valence-electron chi connectivity index (χ0n) is 14.8. The van der Waals surface area contributed by atoms with Crippen molar-refractivity contribution in [3.63, 3.8) is 0 Å². The van der Waals surface area contributed by atoms with Crippen molar-refractivity contribution in [1.82, 2.24) is 0 Å². The highest BCUT2D eigenvalue weighted by Crippen LogP contribution is 2.40. The number of esters is 1. The lowest BCUT2D eigenvalue weighted by molar-refractivity contribution is -0.143. The van der Waals surface area contributed by atoms with Crippen LogP contribution in [-0.2, 0) is 26.8 Å². The Balaban J connectivity index is 1.50. The van der Waals surface area contributed by atoms with Crippen LogP contribution in [0.5, 0.6) is 5.75 Å². The first-order valence-electron chi connectivity index (χ1n) is 9.13. The Morgan fingerprint density at radius 1 is 0.852 bits per heavy atom. The lowest BCUT2D eigenvalue weighted by Gasteiger charge is -2.19. The zero-order valence-corrected chi connectivity index (χ0v) is 15.6. The van der Waals surface area contributed by atoms with E-state index in [-0.39, 0.29) is 16.9 Å². The molecule has 1 fully saturated rings. The summed E-state index contributed by atoms with van der Waals surface area (Å²) in [5, 5.41) is 0. The summed E-state index contributed by atoms with van der Waals surface area (Å²) in [6.07, 6.45) is 1.13. The smallest absolute Gasteiger partial charge is 0.347 e. The topological polar surface area (TPSA) is 35.5 Å². The summed E-state index contributed by atoms with van der Waals surface area (Å²) >= 11 is 0. The Morgan fingerprint density at radius 3 is 2.07 bits per heavy atom. The molecule has 27 heavy (non-hydrogen) atoms. The molecule has 0 aromatic heterocycles. The van der Waals surface area contributed by atoms with E-state index < -0.39 is 6.10 Å². The SMILES string of the molecule is O=C1OCCC1Oc1ccc([S+]2c3ccccc3Cc3ccccc32)cc1. The molecule has 5 rings (SSSR count). The largest absolute Gasteiger partial charge is 0.479 e. The van der Waals surface area contributed by atoms with Crippen LogP contribution < -0.4 is 4.74 Å². The Bertz CT molecular complexity index is 951. The molecule has 0 N–H and O–H groups in total. The number of hydrogen-bond acceptors (Lipinski definition) is 3. The monoisotopic (exact) mass is 375 g/mol. The molecule has 2 heterocycles. The molecule has 0 radical (unpaired) electrons. The summed E-state index contributed by atoms with van der Waals surface area (Å²) in [7, 11) is -0.124. The van der Waals surface area contributed by atoms with Crippen LogP contribution in [0.2, 0.25) is 0 Å². The zero-order chi connectivity index (χ0) is 18.2. The van der Waals surface area contributed by atoms with Gasteiger partial charge in [-0.3, -0.25) is 0 Å². The molecule has 2 aliphatic rings. The van der Waals surface area contributed by atoms with E-state index in [9.17, 15) is 4.79 Å². The second-order valence-corrected chi connectivity index (χ2v) is 8.70. The summed E-state index contributed by atoms with van der Waals surface area (Å²) < 4.78 is 10.8. The van der Waals surface area contributed by atoms with Crippen LogP contribution in [0.15, 0.2) is 87.5 Å². The van der Waals surface area contributed by atoms with E-state index in [1.807, 2.05) is 12.1 Å². The van der Waals surface area contributed by atoms with Crippen LogP contribution in [0.4, 0.5) is 0 Å². The third kappa shape index (κ3) is 3.00. The minimum absolute atomic E-state index is 0.124. The van der Waals surface area contributed by atoms with E-state index in [2.05, 4.69) is 60.7 Å². The molecule has 2 aliphatic heterocycles. The van der Waals surface area contributed by atoms with E-state index in [1.165, 1.54) is 25.8 Å². The average molecular weight is 375 g/mol. The third-order valence-corrected chi connectivity index (χ3v) is 7.41. The number of benzene rings is 3. The Hall–Kier alpha value is -2.72. The predicted molar refractivity (Wildman–Crippen MR) is 104 cm³/mol. The van der Waals surface area contributed by atoms with E-state index in [1.54, 1.807) is 0 Å². The van der Waals surface area contributed by atoms with Crippen molar-refractivity contribution >= 4 is 16.9 Å². The van der Waals surface area contributed by atoms with Gasteiger partial charge in [-0.2, -0.15) is 0 Å². The quantitative estimate of drug-likeness (QED) is 0.394. The normalized spacial score (nSPS) is 18.5. The van der Waals surface area contributed by atoms with Gasteiger partial charge in [0.1, 0.15) is 5.75 Å². The number of hydrogen-bond donors (Lipinski definition) is 0. The molecular formula is C23H19O3S+. The molecule has 0 amide bonds. The maximum Gasteiger partial charge on any atom is 0.347 e. The number of fused-ring (bicyclic) bond motifs is 2. The first-order chi connectivity index (χ1) is 13.3. The molecule has 134 valence electrons. The van der Waals surface area contributed by atoms with E-state index in [0.29, 0.717) is 18.8 Å². The molecule has 1 saturated heterocycles. The van der Waals surface area contributed by atoms with Gasteiger partial charge < -0.3 is 9.47 Å². The van der Waals surface area contributed by atoms with Crippen molar-refractivity contribution in [2.24, 2.45) is 0 Å². The van der Waals surface area contributed by atoms with Gasteiger partial charge in [0.15, 0.2) is 20.8 Å². The van der Waals surface area contributed by atoms with Crippen LogP contribution in [0.1, 0.15) is 17.5 Å². The standard InChI is InChI=1S/C23H19O3S/c24-23-20(13-14-25-23)26-18-9-11-19(12-10-18)27-21-7-3-1-5-16(21)15-17-6-2-4-8-22(17)27/h1-12,20H,13-15H2/q+1. The van der Waals surface area contributed by atoms with E-state index in [4.69, 9.17) is 9.47 Å². The molecule has 1 atom stereocenters. The van der Waals surface area contributed by atoms with Gasteiger partial charge in [-0.15, -0.1) is 0 Å². The second kappa shape index (κ2) is 6.78. The highest BCUT2D eigenvalue weighted by molar-refractivity contribution is 7.97. The highest BCUT2D eigenvalue weighted by Gasteiger charge is 2.37. The van der Waals surface area contributed by atoms with Crippen molar-refractivity contribution in [3.8, 4) is 5.75 Å². The van der Waals surface area contributed by atoms with Crippen molar-refractivity contribution in [3.05, 3.63) is 83.9 Å². The van der Waals surface area contributed by atoms with E-state index in [0.717, 1.165) is 6.42 Å². The summed E-state index contributed by atoms with van der Waals surface area (Å²) in [5.41, 5.74) is 2.79. The van der Waals surface area contributed by atoms with Crippen LogP contribution in [0, 0.1) is 0 Å². The lowest BCUT2D eigenvalue weighted by Crippen LogP contribution is -2.21. The minimum Gasteiger partial charge on any atom is -0.479 e. The molecule has 3 aromatic carbocycles. The molecule has 0 bridgehead atoms. The number of carbonyl (C=O) groups excluding carboxylic acids is 1. The molecule has 0 saturated carbocycles. The van der Waals surface area contributed by atoms with Gasteiger partial charge in [0, 0.05) is 24.0 Å². The van der Waals surface area contributed by atoms with Gasteiger partial charge in [0.25, 0.3) is 0 Å². The second-order valence-electron chi connectivity index (χ2n) is 6.73. The van der Waals surface area contributed by atoms with Crippen LogP contribution in [0.3, 0.4) is 0 Å². The molecule has 0 spiro atoms. The Kier molecular flexibility index (Phi) is 4.13. The van der Waals surface area contributed by atoms with E-state index >= 15 is 0 Å². The fourth-order valence-electron chi connectivity index (χ4n) is 3.68. The molecule has 0 aliphatic carbocycles. The maximum atomic E-state index is 11.6. The molecule has 1 unspecified atom stereocenters. The molecule has 3 nitrogen and oxygen atoms in total. The molecule has 4 heteroatoms. The van der Waals surface area contributed by atoms with Crippen molar-refractivity contribution in [2.75, 3.05) is 6.61 Å². The molecular weight excluding hydrogens is 356 g/mol. The van der Waals surface area contributed by atoms with Crippen molar-refractivity contribution < 1.29 is 14.3 Å². The van der Waals surface area contributed by atoms with Gasteiger partial charge in [0.2, 0.25) is 0 Å². The van der Waals surface area contributed by atoms with Gasteiger partial charge in [-0.05, 0) is 36.4 Å². The predicted octanol–water partition coefficient (Wildman–Crippen LogP) is 4.38. The first kappa shape index (κ1) is 16.5. The van der Waals surface area contributed by atoms with Crippen molar-refractivity contribution in [2.45, 2.75) is 33.6 Å². The third-order valence-electron chi connectivity index (χ3n) is 4.99. The maximum absolute atomic E-state index is 11.6. The Labute approximate surface area is 161 Å². The summed E-state index contributed by atoms with van der Waals surface area (Å²) in [5.74, 6) is 0.445. The number of rotatable bonds is 3. The van der Waals surface area contributed by atoms with Gasteiger partial charge >= 0.3 is 5.97 Å². The van der Waals surface area contributed by atoms with Crippen LogP contribution in [-0.4, -0.2) is 18.7 Å². The van der Waals surface area contributed by atoms with Gasteiger partial charge in [-0.25, -0.2) is 4.79 Å². The number of carbonyl (C=O) groups is 1. The number of ether oxygens (including phenoxy) is 2. The highest BCUT2D eigenvalue weighted by atomic mass is 32.2. The number of cyclic esters (lactones) is 1. The molecule has 3 aromatic rings. The average Bonchev–Trinajstić information content (AvgIpc) is 3.11. The first-order valence-corrected chi connectivity index (χ1v) is 10.4. The lowest BCUT2D eigenvalue weighted by atomic mass is 10.0. The fraction of sp³-hybridized carbons (Fsp3) is 0.174. The minimum atomic E-state index is -0.477. The van der Waals surface area contributed by atoms with Crippen molar-refractivity contribution in [1.29, 1.82) is 0 Å².